The molecule has 130 valence electrons. The maximum Gasteiger partial charge on any atom is 0.244 e. The van der Waals surface area contributed by atoms with Crippen LogP contribution < -0.4 is 9.46 Å². The van der Waals surface area contributed by atoms with Crippen molar-refractivity contribution in [2.24, 2.45) is 0 Å². The highest BCUT2D eigenvalue weighted by Gasteiger charge is 2.29. The molecule has 23 heavy (non-hydrogen) atoms. The van der Waals surface area contributed by atoms with Crippen molar-refractivity contribution in [2.75, 3.05) is 26.9 Å². The van der Waals surface area contributed by atoms with E-state index in [1.807, 2.05) is 20.8 Å². The normalized spacial score (nSPS) is 17.9. The second-order valence-corrected chi connectivity index (χ2v) is 7.65. The highest BCUT2D eigenvalue weighted by atomic mass is 32.2. The quantitative estimate of drug-likeness (QED) is 0.856. The molecule has 1 aromatic rings. The Kier molecular flexibility index (Phi) is 5.67. The summed E-state index contributed by atoms with van der Waals surface area (Å²) >= 11 is 0. The lowest BCUT2D eigenvalue weighted by atomic mass is 10.1. The number of nitrogens with one attached hydrogen (secondary N) is 1. The molecule has 6 nitrogen and oxygen atoms in total. The highest BCUT2D eigenvalue weighted by molar-refractivity contribution is 7.89. The van der Waals surface area contributed by atoms with Gasteiger partial charge in [0, 0.05) is 13.0 Å². The van der Waals surface area contributed by atoms with Gasteiger partial charge in [-0.1, -0.05) is 0 Å². The Hall–Kier alpha value is -1.15. The van der Waals surface area contributed by atoms with Gasteiger partial charge < -0.3 is 14.2 Å². The first kappa shape index (κ1) is 18.2. The number of ether oxygens (including phenoxy) is 3. The molecule has 0 aliphatic carbocycles. The lowest BCUT2D eigenvalue weighted by Gasteiger charge is -2.33. The van der Waals surface area contributed by atoms with Gasteiger partial charge in [0.15, 0.2) is 5.79 Å². The van der Waals surface area contributed by atoms with Crippen molar-refractivity contribution in [3.8, 4) is 5.75 Å². The maximum atomic E-state index is 12.5. The zero-order chi connectivity index (χ0) is 17.1. The van der Waals surface area contributed by atoms with Crippen LogP contribution in [0.2, 0.25) is 0 Å². The molecular weight excluding hydrogens is 318 g/mol. The van der Waals surface area contributed by atoms with Crippen LogP contribution in [0.4, 0.5) is 0 Å². The molecule has 1 N–H and O–H groups in total. The van der Waals surface area contributed by atoms with Crippen molar-refractivity contribution in [1.29, 1.82) is 0 Å². The van der Waals surface area contributed by atoms with Gasteiger partial charge >= 0.3 is 0 Å². The van der Waals surface area contributed by atoms with Gasteiger partial charge in [0.1, 0.15) is 10.6 Å². The fraction of sp³-hybridized carbons (Fsp3) is 0.625. The molecule has 1 fully saturated rings. The van der Waals surface area contributed by atoms with E-state index < -0.39 is 15.8 Å². The van der Waals surface area contributed by atoms with E-state index in [1.165, 1.54) is 7.11 Å². The molecule has 0 atom stereocenters. The Morgan fingerprint density at radius 3 is 2.43 bits per heavy atom. The van der Waals surface area contributed by atoms with Crippen LogP contribution in [0.15, 0.2) is 17.0 Å². The molecule has 1 heterocycles. The summed E-state index contributed by atoms with van der Waals surface area (Å²) in [6.45, 7) is 7.12. The van der Waals surface area contributed by atoms with Crippen LogP contribution >= 0.6 is 0 Å². The third-order valence-electron chi connectivity index (χ3n) is 4.04. The van der Waals surface area contributed by atoms with Crippen LogP contribution in [-0.2, 0) is 19.5 Å². The van der Waals surface area contributed by atoms with Gasteiger partial charge in [-0.2, -0.15) is 0 Å². The highest BCUT2D eigenvalue weighted by Crippen LogP contribution is 2.27. The monoisotopic (exact) mass is 343 g/mol. The van der Waals surface area contributed by atoms with E-state index in [-0.39, 0.29) is 11.4 Å². The molecule has 1 aliphatic heterocycles. The van der Waals surface area contributed by atoms with E-state index in [4.69, 9.17) is 14.2 Å². The van der Waals surface area contributed by atoms with Crippen LogP contribution in [0.1, 0.15) is 30.9 Å². The second-order valence-electron chi connectivity index (χ2n) is 5.92. The molecule has 0 aromatic heterocycles. The fourth-order valence-corrected chi connectivity index (χ4v) is 3.71. The third-order valence-corrected chi connectivity index (χ3v) is 5.53. The predicted octanol–water partition coefficient (Wildman–Crippen LogP) is 2.13. The Labute approximate surface area is 138 Å². The fourth-order valence-electron chi connectivity index (χ4n) is 2.44. The van der Waals surface area contributed by atoms with Crippen molar-refractivity contribution < 1.29 is 22.6 Å². The van der Waals surface area contributed by atoms with Crippen LogP contribution in [0.25, 0.3) is 0 Å². The average molecular weight is 343 g/mol. The van der Waals surface area contributed by atoms with Gasteiger partial charge in [0.25, 0.3) is 0 Å². The summed E-state index contributed by atoms with van der Waals surface area (Å²) in [6, 6.07) is 3.37. The van der Waals surface area contributed by atoms with E-state index in [0.29, 0.717) is 25.4 Å². The summed E-state index contributed by atoms with van der Waals surface area (Å²) in [7, 11) is -2.19. The van der Waals surface area contributed by atoms with Crippen molar-refractivity contribution in [1.82, 2.24) is 4.72 Å². The second kappa shape index (κ2) is 7.17. The number of benzene rings is 1. The SMILES string of the molecule is COc1cc(C)c(C)cc1S(=O)(=O)NCCC1(C)OCCCO1. The van der Waals surface area contributed by atoms with Crippen molar-refractivity contribution in [3.05, 3.63) is 23.3 Å². The molecular formula is C16H25NO5S. The Bertz CT molecular complexity index is 651. The summed E-state index contributed by atoms with van der Waals surface area (Å²) in [5.74, 6) is -0.384. The zero-order valence-corrected chi connectivity index (χ0v) is 15.0. The van der Waals surface area contributed by atoms with Crippen molar-refractivity contribution >= 4 is 10.0 Å². The van der Waals surface area contributed by atoms with Crippen molar-refractivity contribution in [3.63, 3.8) is 0 Å². The average Bonchev–Trinajstić information content (AvgIpc) is 2.49. The Morgan fingerprint density at radius 2 is 1.83 bits per heavy atom. The molecule has 1 aromatic carbocycles. The Morgan fingerprint density at radius 1 is 1.22 bits per heavy atom. The summed E-state index contributed by atoms with van der Waals surface area (Å²) in [5.41, 5.74) is 1.88. The first-order valence-electron chi connectivity index (χ1n) is 7.70. The Balaban J connectivity index is 2.08. The molecule has 0 saturated carbocycles. The largest absolute Gasteiger partial charge is 0.495 e. The van der Waals surface area contributed by atoms with Gasteiger partial charge in [-0.15, -0.1) is 0 Å². The molecule has 1 saturated heterocycles. The minimum atomic E-state index is -3.66. The lowest BCUT2D eigenvalue weighted by molar-refractivity contribution is -0.257. The third kappa shape index (κ3) is 4.44. The zero-order valence-electron chi connectivity index (χ0n) is 14.1. The molecule has 2 rings (SSSR count). The minimum Gasteiger partial charge on any atom is -0.495 e. The molecule has 1 aliphatic rings. The molecule has 0 amide bonds. The van der Waals surface area contributed by atoms with Crippen LogP contribution in [0, 0.1) is 13.8 Å². The molecule has 0 bridgehead atoms. The van der Waals surface area contributed by atoms with Crippen LogP contribution in [-0.4, -0.2) is 41.1 Å². The summed E-state index contributed by atoms with van der Waals surface area (Å²) in [5, 5.41) is 0. The number of methoxy groups -OCH3 is 1. The molecule has 0 radical (unpaired) electrons. The van der Waals surface area contributed by atoms with E-state index in [0.717, 1.165) is 17.5 Å². The number of hydrogen-bond donors (Lipinski definition) is 1. The number of rotatable bonds is 6. The van der Waals surface area contributed by atoms with Crippen LogP contribution in [0.5, 0.6) is 5.75 Å². The first-order chi connectivity index (χ1) is 10.8. The molecule has 0 unspecified atom stereocenters. The van der Waals surface area contributed by atoms with Crippen molar-refractivity contribution in [2.45, 2.75) is 44.3 Å². The molecule has 7 heteroatoms. The minimum absolute atomic E-state index is 0.152. The first-order valence-corrected chi connectivity index (χ1v) is 9.18. The van der Waals surface area contributed by atoms with E-state index in [9.17, 15) is 8.42 Å². The molecule has 0 spiro atoms. The summed E-state index contributed by atoms with van der Waals surface area (Å²) in [6.07, 6.45) is 1.31. The topological polar surface area (TPSA) is 73.9 Å². The maximum absolute atomic E-state index is 12.5. The number of aryl methyl sites for hydroxylation is 2. The van der Waals surface area contributed by atoms with Gasteiger partial charge in [0.05, 0.1) is 20.3 Å². The standard InChI is InChI=1S/C16H25NO5S/c1-12-10-14(20-4)15(11-13(12)2)23(18,19)17-7-6-16(3)21-8-5-9-22-16/h10-11,17H,5-9H2,1-4H3. The predicted molar refractivity (Wildman–Crippen MR) is 87.2 cm³/mol. The number of hydrogen-bond acceptors (Lipinski definition) is 5. The summed E-state index contributed by atoms with van der Waals surface area (Å²) in [4.78, 5) is 0.152. The van der Waals surface area contributed by atoms with Gasteiger partial charge in [-0.25, -0.2) is 13.1 Å². The summed E-state index contributed by atoms with van der Waals surface area (Å²) < 4.78 is 44.1. The van der Waals surface area contributed by atoms with Gasteiger partial charge in [-0.3, -0.25) is 0 Å². The smallest absolute Gasteiger partial charge is 0.244 e. The van der Waals surface area contributed by atoms with E-state index in [2.05, 4.69) is 4.72 Å². The van der Waals surface area contributed by atoms with Gasteiger partial charge in [-0.05, 0) is 50.5 Å². The van der Waals surface area contributed by atoms with Crippen LogP contribution in [0.3, 0.4) is 0 Å². The van der Waals surface area contributed by atoms with E-state index >= 15 is 0 Å². The van der Waals surface area contributed by atoms with E-state index in [1.54, 1.807) is 12.1 Å². The van der Waals surface area contributed by atoms with Gasteiger partial charge in [0.2, 0.25) is 10.0 Å². The lowest BCUT2D eigenvalue weighted by Crippen LogP contribution is -2.41. The number of sulfonamides is 1.